The topological polar surface area (TPSA) is 55.9 Å². The third-order valence-electron chi connectivity index (χ3n) is 3.14. The summed E-state index contributed by atoms with van der Waals surface area (Å²) in [5.74, 6) is -0.285. The van der Waals surface area contributed by atoms with E-state index in [2.05, 4.69) is 26.3 Å². The molecule has 1 unspecified atom stereocenters. The van der Waals surface area contributed by atoms with Crippen LogP contribution in [0.5, 0.6) is 0 Å². The standard InChI is InChI=1S/C13H16BrFN4/c1-8-10(7-17-19(8)2)13(6-16)18-9-3-4-12(15)11(14)5-9/h3-5,7,13,18H,6,16H2,1-2H3. The lowest BCUT2D eigenvalue weighted by Gasteiger charge is -2.18. The molecule has 0 spiro atoms. The van der Waals surface area contributed by atoms with E-state index < -0.39 is 0 Å². The maximum atomic E-state index is 13.2. The minimum absolute atomic E-state index is 0.0499. The molecule has 3 N–H and O–H groups in total. The SMILES string of the molecule is Cc1c(C(CN)Nc2ccc(F)c(Br)c2)cnn1C. The van der Waals surface area contributed by atoms with Crippen molar-refractivity contribution in [3.63, 3.8) is 0 Å². The highest BCUT2D eigenvalue weighted by Crippen LogP contribution is 2.25. The molecule has 0 aliphatic heterocycles. The van der Waals surface area contributed by atoms with Crippen molar-refractivity contribution in [3.8, 4) is 0 Å². The van der Waals surface area contributed by atoms with Gasteiger partial charge >= 0.3 is 0 Å². The maximum Gasteiger partial charge on any atom is 0.137 e. The van der Waals surface area contributed by atoms with E-state index in [0.717, 1.165) is 16.9 Å². The van der Waals surface area contributed by atoms with Crippen molar-refractivity contribution in [3.05, 3.63) is 45.9 Å². The minimum atomic E-state index is -0.285. The van der Waals surface area contributed by atoms with Gasteiger partial charge in [0.1, 0.15) is 5.82 Å². The van der Waals surface area contributed by atoms with Gasteiger partial charge < -0.3 is 11.1 Å². The third-order valence-corrected chi connectivity index (χ3v) is 3.75. The van der Waals surface area contributed by atoms with Gasteiger partial charge in [-0.15, -0.1) is 0 Å². The second-order valence-corrected chi connectivity index (χ2v) is 5.22. The number of anilines is 1. The molecule has 2 aromatic rings. The zero-order valence-electron chi connectivity index (χ0n) is 10.8. The van der Waals surface area contributed by atoms with Crippen LogP contribution in [0.15, 0.2) is 28.9 Å². The molecule has 0 fully saturated rings. The van der Waals surface area contributed by atoms with Gasteiger partial charge in [0.25, 0.3) is 0 Å². The fraction of sp³-hybridized carbons (Fsp3) is 0.308. The molecule has 1 aromatic carbocycles. The zero-order chi connectivity index (χ0) is 14.0. The van der Waals surface area contributed by atoms with Crippen LogP contribution < -0.4 is 11.1 Å². The molecule has 4 nitrogen and oxygen atoms in total. The number of benzene rings is 1. The Labute approximate surface area is 119 Å². The van der Waals surface area contributed by atoms with E-state index in [1.54, 1.807) is 23.0 Å². The number of aryl methyl sites for hydroxylation is 1. The van der Waals surface area contributed by atoms with Crippen LogP contribution in [-0.4, -0.2) is 16.3 Å². The summed E-state index contributed by atoms with van der Waals surface area (Å²) >= 11 is 3.17. The average Bonchev–Trinajstić information content (AvgIpc) is 2.72. The summed E-state index contributed by atoms with van der Waals surface area (Å²) in [7, 11) is 1.89. The minimum Gasteiger partial charge on any atom is -0.377 e. The highest BCUT2D eigenvalue weighted by Gasteiger charge is 2.15. The van der Waals surface area contributed by atoms with E-state index in [4.69, 9.17) is 5.73 Å². The van der Waals surface area contributed by atoms with Crippen LogP contribution in [0.2, 0.25) is 0 Å². The van der Waals surface area contributed by atoms with Gasteiger partial charge in [0.2, 0.25) is 0 Å². The molecule has 6 heteroatoms. The van der Waals surface area contributed by atoms with Crippen LogP contribution in [0.4, 0.5) is 10.1 Å². The molecule has 1 atom stereocenters. The number of nitrogens with zero attached hydrogens (tertiary/aromatic N) is 2. The van der Waals surface area contributed by atoms with Crippen molar-refractivity contribution < 1.29 is 4.39 Å². The van der Waals surface area contributed by atoms with E-state index in [-0.39, 0.29) is 11.9 Å². The summed E-state index contributed by atoms with van der Waals surface area (Å²) < 4.78 is 15.4. The lowest BCUT2D eigenvalue weighted by Crippen LogP contribution is -2.21. The Hall–Kier alpha value is -1.40. The molecule has 0 saturated carbocycles. The molecular formula is C13H16BrFN4. The van der Waals surface area contributed by atoms with E-state index in [1.807, 2.05) is 14.0 Å². The first-order chi connectivity index (χ1) is 9.02. The fourth-order valence-electron chi connectivity index (χ4n) is 1.91. The Morgan fingerprint density at radius 3 is 2.79 bits per heavy atom. The number of halogens is 2. The van der Waals surface area contributed by atoms with Gasteiger partial charge in [-0.05, 0) is 41.1 Å². The fourth-order valence-corrected chi connectivity index (χ4v) is 2.29. The average molecular weight is 327 g/mol. The predicted molar refractivity (Wildman–Crippen MR) is 77.5 cm³/mol. The molecule has 0 bridgehead atoms. The van der Waals surface area contributed by atoms with E-state index in [9.17, 15) is 4.39 Å². The van der Waals surface area contributed by atoms with Gasteiger partial charge in [-0.3, -0.25) is 4.68 Å². The monoisotopic (exact) mass is 326 g/mol. The summed E-state index contributed by atoms with van der Waals surface area (Å²) in [6.45, 7) is 2.43. The Kier molecular flexibility index (Phi) is 4.21. The van der Waals surface area contributed by atoms with Crippen molar-refractivity contribution >= 4 is 21.6 Å². The Balaban J connectivity index is 2.24. The van der Waals surface area contributed by atoms with Crippen molar-refractivity contribution in [2.75, 3.05) is 11.9 Å². The van der Waals surface area contributed by atoms with Crippen LogP contribution in [0.3, 0.4) is 0 Å². The molecule has 1 aromatic heterocycles. The Morgan fingerprint density at radius 2 is 2.26 bits per heavy atom. The molecule has 102 valence electrons. The maximum absolute atomic E-state index is 13.2. The number of hydrogen-bond donors (Lipinski definition) is 2. The number of nitrogens with one attached hydrogen (secondary N) is 1. The van der Waals surface area contributed by atoms with Crippen molar-refractivity contribution in [1.29, 1.82) is 0 Å². The van der Waals surface area contributed by atoms with Crippen LogP contribution in [0.1, 0.15) is 17.3 Å². The summed E-state index contributed by atoms with van der Waals surface area (Å²) in [6.07, 6.45) is 1.80. The molecule has 1 heterocycles. The van der Waals surface area contributed by atoms with Gasteiger partial charge in [0.05, 0.1) is 16.7 Å². The number of aromatic nitrogens is 2. The largest absolute Gasteiger partial charge is 0.377 e. The molecule has 0 amide bonds. The third kappa shape index (κ3) is 2.96. The smallest absolute Gasteiger partial charge is 0.137 e. The van der Waals surface area contributed by atoms with Crippen molar-refractivity contribution in [2.45, 2.75) is 13.0 Å². The van der Waals surface area contributed by atoms with E-state index in [1.165, 1.54) is 6.07 Å². The highest BCUT2D eigenvalue weighted by atomic mass is 79.9. The van der Waals surface area contributed by atoms with Crippen LogP contribution >= 0.6 is 15.9 Å². The summed E-state index contributed by atoms with van der Waals surface area (Å²) in [4.78, 5) is 0. The molecule has 2 rings (SSSR count). The molecule has 19 heavy (non-hydrogen) atoms. The molecular weight excluding hydrogens is 311 g/mol. The summed E-state index contributed by atoms with van der Waals surface area (Å²) in [5, 5.41) is 7.50. The molecule has 0 saturated heterocycles. The van der Waals surface area contributed by atoms with Crippen molar-refractivity contribution in [1.82, 2.24) is 9.78 Å². The van der Waals surface area contributed by atoms with Crippen LogP contribution in [0, 0.1) is 12.7 Å². The lowest BCUT2D eigenvalue weighted by atomic mass is 10.1. The molecule has 0 radical (unpaired) electrons. The zero-order valence-corrected chi connectivity index (χ0v) is 12.4. The quantitative estimate of drug-likeness (QED) is 0.908. The van der Waals surface area contributed by atoms with Crippen LogP contribution in [0.25, 0.3) is 0 Å². The number of rotatable bonds is 4. The second kappa shape index (κ2) is 5.71. The normalized spacial score (nSPS) is 12.5. The van der Waals surface area contributed by atoms with Gasteiger partial charge in [-0.25, -0.2) is 4.39 Å². The van der Waals surface area contributed by atoms with Gasteiger partial charge in [-0.1, -0.05) is 0 Å². The predicted octanol–water partition coefficient (Wildman–Crippen LogP) is 2.74. The summed E-state index contributed by atoms with van der Waals surface area (Å²) in [5.41, 5.74) is 8.73. The number of hydrogen-bond acceptors (Lipinski definition) is 3. The molecule has 0 aliphatic rings. The first-order valence-electron chi connectivity index (χ1n) is 5.93. The van der Waals surface area contributed by atoms with Gasteiger partial charge in [0.15, 0.2) is 0 Å². The van der Waals surface area contributed by atoms with Crippen molar-refractivity contribution in [2.24, 2.45) is 12.8 Å². The second-order valence-electron chi connectivity index (χ2n) is 4.37. The van der Waals surface area contributed by atoms with E-state index >= 15 is 0 Å². The first kappa shape index (κ1) is 14.0. The first-order valence-corrected chi connectivity index (χ1v) is 6.72. The lowest BCUT2D eigenvalue weighted by molar-refractivity contribution is 0.621. The van der Waals surface area contributed by atoms with Gasteiger partial charge in [-0.2, -0.15) is 5.10 Å². The molecule has 0 aliphatic carbocycles. The van der Waals surface area contributed by atoms with Crippen LogP contribution in [-0.2, 0) is 7.05 Å². The number of nitrogens with two attached hydrogens (primary N) is 1. The Bertz CT molecular complexity index is 582. The highest BCUT2D eigenvalue weighted by molar-refractivity contribution is 9.10. The van der Waals surface area contributed by atoms with E-state index in [0.29, 0.717) is 11.0 Å². The van der Waals surface area contributed by atoms with Gasteiger partial charge in [0, 0.05) is 30.5 Å². The Morgan fingerprint density at radius 1 is 1.53 bits per heavy atom. The summed E-state index contributed by atoms with van der Waals surface area (Å²) in [6, 6.07) is 4.75.